The van der Waals surface area contributed by atoms with Crippen LogP contribution in [0.4, 0.5) is 5.82 Å². The van der Waals surface area contributed by atoms with E-state index in [2.05, 4.69) is 24.1 Å². The van der Waals surface area contributed by atoms with Gasteiger partial charge in [-0.25, -0.2) is 4.98 Å². The van der Waals surface area contributed by atoms with Crippen LogP contribution in [0, 0.1) is 5.92 Å². The molecule has 2 rings (SSSR count). The van der Waals surface area contributed by atoms with Crippen molar-refractivity contribution < 1.29 is 4.74 Å². The summed E-state index contributed by atoms with van der Waals surface area (Å²) in [5.41, 5.74) is -0.00805. The molecule has 0 spiro atoms. The van der Waals surface area contributed by atoms with Gasteiger partial charge in [0.1, 0.15) is 0 Å². The van der Waals surface area contributed by atoms with Gasteiger partial charge in [-0.2, -0.15) is 0 Å². The molecule has 1 aromatic heterocycles. The van der Waals surface area contributed by atoms with Crippen LogP contribution in [0.5, 0.6) is 0 Å². The lowest BCUT2D eigenvalue weighted by Crippen LogP contribution is -2.48. The molecular formula is C14H24N4O2. The SMILES string of the molecule is CNCC1CN(c2nccn(CC(C)C)c2=O)CCO1. The minimum atomic E-state index is -0.00805. The highest BCUT2D eigenvalue weighted by Gasteiger charge is 2.23. The van der Waals surface area contributed by atoms with Gasteiger partial charge in [-0.3, -0.25) is 4.79 Å². The average molecular weight is 280 g/mol. The smallest absolute Gasteiger partial charge is 0.293 e. The van der Waals surface area contributed by atoms with Crippen LogP contribution in [0.15, 0.2) is 17.2 Å². The van der Waals surface area contributed by atoms with Crippen LogP contribution in [-0.4, -0.2) is 48.9 Å². The summed E-state index contributed by atoms with van der Waals surface area (Å²) in [6.45, 7) is 7.76. The zero-order chi connectivity index (χ0) is 14.5. The van der Waals surface area contributed by atoms with Crippen molar-refractivity contribution in [3.63, 3.8) is 0 Å². The predicted octanol–water partition coefficient (Wildman–Crippen LogP) is 0.324. The summed E-state index contributed by atoms with van der Waals surface area (Å²) >= 11 is 0. The first-order chi connectivity index (χ1) is 9.61. The molecule has 0 bridgehead atoms. The quantitative estimate of drug-likeness (QED) is 0.842. The maximum absolute atomic E-state index is 12.5. The lowest BCUT2D eigenvalue weighted by atomic mass is 10.2. The van der Waals surface area contributed by atoms with E-state index < -0.39 is 0 Å². The second-order valence-corrected chi connectivity index (χ2v) is 5.60. The Morgan fingerprint density at radius 2 is 2.35 bits per heavy atom. The van der Waals surface area contributed by atoms with E-state index in [1.807, 2.05) is 11.9 Å². The number of morpholine rings is 1. The van der Waals surface area contributed by atoms with Crippen LogP contribution in [0.2, 0.25) is 0 Å². The summed E-state index contributed by atoms with van der Waals surface area (Å²) in [5.74, 6) is 0.974. The summed E-state index contributed by atoms with van der Waals surface area (Å²) in [6.07, 6.45) is 3.58. The molecule has 0 aliphatic carbocycles. The molecule has 1 atom stereocenters. The largest absolute Gasteiger partial charge is 0.373 e. The van der Waals surface area contributed by atoms with Crippen LogP contribution in [-0.2, 0) is 11.3 Å². The van der Waals surface area contributed by atoms with Crippen LogP contribution < -0.4 is 15.8 Å². The minimum Gasteiger partial charge on any atom is -0.373 e. The van der Waals surface area contributed by atoms with Gasteiger partial charge in [-0.15, -0.1) is 0 Å². The average Bonchev–Trinajstić information content (AvgIpc) is 2.41. The number of rotatable bonds is 5. The minimum absolute atomic E-state index is 0.00805. The Balaban J connectivity index is 2.17. The van der Waals surface area contributed by atoms with Crippen LogP contribution in [0.25, 0.3) is 0 Å². The first-order valence-corrected chi connectivity index (χ1v) is 7.18. The van der Waals surface area contributed by atoms with Crippen LogP contribution >= 0.6 is 0 Å². The summed E-state index contributed by atoms with van der Waals surface area (Å²) in [6, 6.07) is 0. The fourth-order valence-corrected chi connectivity index (χ4v) is 2.45. The number of nitrogens with one attached hydrogen (secondary N) is 1. The van der Waals surface area contributed by atoms with Crippen LogP contribution in [0.3, 0.4) is 0 Å². The highest BCUT2D eigenvalue weighted by atomic mass is 16.5. The first kappa shape index (κ1) is 15.0. The standard InChI is InChI=1S/C14H24N4O2/c1-11(2)9-18-5-4-16-13(14(18)19)17-6-7-20-12(10-17)8-15-3/h4-5,11-12,15H,6-10H2,1-3H3. The van der Waals surface area contributed by atoms with Crippen molar-refractivity contribution >= 4 is 5.82 Å². The first-order valence-electron chi connectivity index (χ1n) is 7.18. The number of anilines is 1. The molecule has 112 valence electrons. The number of ether oxygens (including phenoxy) is 1. The molecule has 1 N–H and O–H groups in total. The Labute approximate surface area is 119 Å². The molecule has 0 saturated carbocycles. The van der Waals surface area contributed by atoms with Crippen molar-refractivity contribution in [2.24, 2.45) is 5.92 Å². The number of hydrogen-bond acceptors (Lipinski definition) is 5. The Kier molecular flexibility index (Phi) is 5.14. The summed E-state index contributed by atoms with van der Waals surface area (Å²) < 4.78 is 7.41. The summed E-state index contributed by atoms with van der Waals surface area (Å²) in [7, 11) is 1.90. The second-order valence-electron chi connectivity index (χ2n) is 5.60. The van der Waals surface area contributed by atoms with Gasteiger partial charge in [-0.05, 0) is 13.0 Å². The third-order valence-corrected chi connectivity index (χ3v) is 3.33. The number of nitrogens with zero attached hydrogens (tertiary/aromatic N) is 3. The highest BCUT2D eigenvalue weighted by Crippen LogP contribution is 2.11. The molecule has 2 heterocycles. The predicted molar refractivity (Wildman–Crippen MR) is 79.2 cm³/mol. The lowest BCUT2D eigenvalue weighted by Gasteiger charge is -2.33. The summed E-state index contributed by atoms with van der Waals surface area (Å²) in [4.78, 5) is 18.8. The van der Waals surface area contributed by atoms with Gasteiger partial charge in [0.05, 0.1) is 12.7 Å². The van der Waals surface area contributed by atoms with E-state index >= 15 is 0 Å². The molecule has 1 unspecified atom stereocenters. The van der Waals surface area contributed by atoms with Crippen molar-refractivity contribution in [1.29, 1.82) is 0 Å². The van der Waals surface area contributed by atoms with Gasteiger partial charge >= 0.3 is 0 Å². The maximum Gasteiger partial charge on any atom is 0.293 e. The number of hydrogen-bond donors (Lipinski definition) is 1. The molecule has 1 aliphatic rings. The molecular weight excluding hydrogens is 256 g/mol. The third kappa shape index (κ3) is 3.58. The number of likely N-dealkylation sites (N-methyl/N-ethyl adjacent to an activating group) is 1. The van der Waals surface area contributed by atoms with Gasteiger partial charge in [0.2, 0.25) is 0 Å². The van der Waals surface area contributed by atoms with E-state index in [0.717, 1.165) is 13.1 Å². The van der Waals surface area contributed by atoms with Gasteiger partial charge < -0.3 is 19.5 Å². The zero-order valence-electron chi connectivity index (χ0n) is 12.5. The maximum atomic E-state index is 12.5. The van der Waals surface area contributed by atoms with E-state index in [1.165, 1.54) is 0 Å². The molecule has 1 fully saturated rings. The van der Waals surface area contributed by atoms with Crippen molar-refractivity contribution in [1.82, 2.24) is 14.9 Å². The van der Waals surface area contributed by atoms with Crippen molar-refractivity contribution in [2.75, 3.05) is 38.2 Å². The third-order valence-electron chi connectivity index (χ3n) is 3.33. The Morgan fingerprint density at radius 3 is 3.05 bits per heavy atom. The Morgan fingerprint density at radius 1 is 1.55 bits per heavy atom. The van der Waals surface area contributed by atoms with E-state index in [1.54, 1.807) is 17.0 Å². The molecule has 6 heteroatoms. The Bertz CT molecular complexity index is 484. The summed E-state index contributed by atoms with van der Waals surface area (Å²) in [5, 5.41) is 3.11. The topological polar surface area (TPSA) is 59.4 Å². The highest BCUT2D eigenvalue weighted by molar-refractivity contribution is 5.36. The van der Waals surface area contributed by atoms with Gasteiger partial charge in [-0.1, -0.05) is 13.8 Å². The molecule has 0 radical (unpaired) electrons. The van der Waals surface area contributed by atoms with Crippen molar-refractivity contribution in [3.8, 4) is 0 Å². The molecule has 20 heavy (non-hydrogen) atoms. The van der Waals surface area contributed by atoms with E-state index in [-0.39, 0.29) is 11.7 Å². The normalized spacial score (nSPS) is 19.6. The fourth-order valence-electron chi connectivity index (χ4n) is 2.45. The molecule has 1 saturated heterocycles. The molecule has 0 aromatic carbocycles. The van der Waals surface area contributed by atoms with E-state index in [9.17, 15) is 4.79 Å². The van der Waals surface area contributed by atoms with Crippen molar-refractivity contribution in [3.05, 3.63) is 22.7 Å². The van der Waals surface area contributed by atoms with E-state index in [4.69, 9.17) is 4.74 Å². The zero-order valence-corrected chi connectivity index (χ0v) is 12.5. The van der Waals surface area contributed by atoms with Gasteiger partial charge in [0.25, 0.3) is 5.56 Å². The molecule has 0 amide bonds. The second kappa shape index (κ2) is 6.85. The van der Waals surface area contributed by atoms with Gasteiger partial charge in [0, 0.05) is 38.6 Å². The molecule has 6 nitrogen and oxygen atoms in total. The monoisotopic (exact) mass is 280 g/mol. The fraction of sp³-hybridized carbons (Fsp3) is 0.714. The van der Waals surface area contributed by atoms with E-state index in [0.29, 0.717) is 31.4 Å². The molecule has 1 aliphatic heterocycles. The lowest BCUT2D eigenvalue weighted by molar-refractivity contribution is 0.0418. The van der Waals surface area contributed by atoms with Crippen molar-refractivity contribution in [2.45, 2.75) is 26.5 Å². The Hall–Kier alpha value is -1.40. The van der Waals surface area contributed by atoms with Crippen LogP contribution in [0.1, 0.15) is 13.8 Å². The molecule has 1 aromatic rings. The number of aromatic nitrogens is 2. The van der Waals surface area contributed by atoms with Gasteiger partial charge in [0.15, 0.2) is 5.82 Å².